The molecule has 1 aromatic rings. The third-order valence-electron chi connectivity index (χ3n) is 3.65. The number of benzene rings is 1. The van der Waals surface area contributed by atoms with Crippen molar-refractivity contribution in [1.82, 2.24) is 4.90 Å². The van der Waals surface area contributed by atoms with Gasteiger partial charge in [0.1, 0.15) is 12.6 Å². The summed E-state index contributed by atoms with van der Waals surface area (Å²) in [6.45, 7) is 7.88. The molecule has 0 aliphatic carbocycles. The lowest BCUT2D eigenvalue weighted by Crippen LogP contribution is -2.35. The zero-order valence-corrected chi connectivity index (χ0v) is 11.8. The van der Waals surface area contributed by atoms with Gasteiger partial charge >= 0.3 is 6.09 Å². The molecule has 1 heterocycles. The van der Waals surface area contributed by atoms with Gasteiger partial charge in [-0.1, -0.05) is 49.4 Å². The Labute approximate surface area is 119 Å². The Hall–Kier alpha value is -2.10. The van der Waals surface area contributed by atoms with Crippen molar-refractivity contribution < 1.29 is 14.3 Å². The van der Waals surface area contributed by atoms with Crippen molar-refractivity contribution in [2.45, 2.75) is 26.3 Å². The van der Waals surface area contributed by atoms with Crippen LogP contribution in [0.1, 0.15) is 31.9 Å². The molecule has 4 nitrogen and oxygen atoms in total. The average Bonchev–Trinajstić information content (AvgIpc) is 2.81. The van der Waals surface area contributed by atoms with E-state index in [0.717, 1.165) is 11.1 Å². The number of carbonyl (C=O) groups is 2. The third kappa shape index (κ3) is 2.90. The van der Waals surface area contributed by atoms with Gasteiger partial charge in [0.15, 0.2) is 0 Å². The maximum Gasteiger partial charge on any atom is 0.417 e. The molecule has 1 aliphatic heterocycles. The molecule has 0 N–H and O–H groups in total. The average molecular weight is 273 g/mol. The molecular weight excluding hydrogens is 254 g/mol. The Balaban J connectivity index is 2.17. The minimum absolute atomic E-state index is 0.0484. The van der Waals surface area contributed by atoms with Crippen LogP contribution in [0.25, 0.3) is 0 Å². The van der Waals surface area contributed by atoms with Crippen LogP contribution in [0.2, 0.25) is 0 Å². The maximum absolute atomic E-state index is 12.3. The molecule has 0 bridgehead atoms. The highest BCUT2D eigenvalue weighted by Gasteiger charge is 2.38. The second-order valence-corrected chi connectivity index (χ2v) is 5.22. The molecule has 0 spiro atoms. The smallest absolute Gasteiger partial charge is 0.417 e. The minimum Gasteiger partial charge on any atom is -0.446 e. The lowest BCUT2D eigenvalue weighted by atomic mass is 9.99. The molecule has 0 saturated carbocycles. The van der Waals surface area contributed by atoms with Gasteiger partial charge in [-0.25, -0.2) is 9.69 Å². The fraction of sp³-hybridized carbons (Fsp3) is 0.375. The molecule has 20 heavy (non-hydrogen) atoms. The fourth-order valence-corrected chi connectivity index (χ4v) is 2.15. The van der Waals surface area contributed by atoms with E-state index in [1.165, 1.54) is 4.90 Å². The monoisotopic (exact) mass is 273 g/mol. The van der Waals surface area contributed by atoms with Crippen molar-refractivity contribution >= 4 is 12.0 Å². The van der Waals surface area contributed by atoms with E-state index < -0.39 is 6.09 Å². The SMILES string of the molecule is C=C(C)C(C)CC(=O)N1C(=O)OCC1c1ccccc1. The lowest BCUT2D eigenvalue weighted by molar-refractivity contribution is -0.129. The van der Waals surface area contributed by atoms with Gasteiger partial charge in [-0.05, 0) is 18.4 Å². The highest BCUT2D eigenvalue weighted by Crippen LogP contribution is 2.29. The number of allylic oxidation sites excluding steroid dienone is 1. The Morgan fingerprint density at radius 3 is 2.70 bits per heavy atom. The fourth-order valence-electron chi connectivity index (χ4n) is 2.15. The van der Waals surface area contributed by atoms with Crippen LogP contribution in [-0.4, -0.2) is 23.5 Å². The van der Waals surface area contributed by atoms with Gasteiger partial charge < -0.3 is 4.74 Å². The van der Waals surface area contributed by atoms with Crippen LogP contribution in [0.5, 0.6) is 0 Å². The number of amides is 2. The maximum atomic E-state index is 12.3. The summed E-state index contributed by atoms with van der Waals surface area (Å²) in [6, 6.07) is 9.14. The molecule has 2 atom stereocenters. The number of ether oxygens (including phenoxy) is 1. The number of carbonyl (C=O) groups excluding carboxylic acids is 2. The van der Waals surface area contributed by atoms with Crippen LogP contribution >= 0.6 is 0 Å². The van der Waals surface area contributed by atoms with Gasteiger partial charge in [0, 0.05) is 6.42 Å². The van der Waals surface area contributed by atoms with Crippen LogP contribution in [0, 0.1) is 5.92 Å². The topological polar surface area (TPSA) is 46.6 Å². The Morgan fingerprint density at radius 1 is 1.45 bits per heavy atom. The Bertz CT molecular complexity index is 524. The molecule has 0 radical (unpaired) electrons. The summed E-state index contributed by atoms with van der Waals surface area (Å²) in [5, 5.41) is 0. The second-order valence-electron chi connectivity index (χ2n) is 5.22. The van der Waals surface area contributed by atoms with Crippen molar-refractivity contribution in [3.05, 3.63) is 48.0 Å². The first-order valence-corrected chi connectivity index (χ1v) is 6.70. The van der Waals surface area contributed by atoms with Gasteiger partial charge in [0.2, 0.25) is 5.91 Å². The van der Waals surface area contributed by atoms with Crippen molar-refractivity contribution in [3.63, 3.8) is 0 Å². The molecule has 2 unspecified atom stereocenters. The first-order chi connectivity index (χ1) is 9.50. The predicted octanol–water partition coefficient (Wildman–Crippen LogP) is 3.31. The van der Waals surface area contributed by atoms with Gasteiger partial charge in [0.25, 0.3) is 0 Å². The first-order valence-electron chi connectivity index (χ1n) is 6.70. The predicted molar refractivity (Wildman–Crippen MR) is 76.0 cm³/mol. The third-order valence-corrected chi connectivity index (χ3v) is 3.65. The molecule has 2 amide bonds. The number of hydrogen-bond acceptors (Lipinski definition) is 3. The summed E-state index contributed by atoms with van der Waals surface area (Å²) in [4.78, 5) is 25.4. The summed E-state index contributed by atoms with van der Waals surface area (Å²) in [5.41, 5.74) is 1.84. The molecule has 1 saturated heterocycles. The van der Waals surface area contributed by atoms with Crippen LogP contribution < -0.4 is 0 Å². The van der Waals surface area contributed by atoms with Crippen LogP contribution in [0.15, 0.2) is 42.5 Å². The summed E-state index contributed by atoms with van der Waals surface area (Å²) in [5.74, 6) is -0.163. The molecule has 0 aromatic heterocycles. The van der Waals surface area contributed by atoms with E-state index in [9.17, 15) is 9.59 Å². The van der Waals surface area contributed by atoms with Gasteiger partial charge in [-0.15, -0.1) is 0 Å². The van der Waals surface area contributed by atoms with E-state index in [2.05, 4.69) is 6.58 Å². The largest absolute Gasteiger partial charge is 0.446 e. The molecular formula is C16H19NO3. The summed E-state index contributed by atoms with van der Waals surface area (Å²) < 4.78 is 5.04. The van der Waals surface area contributed by atoms with Crippen LogP contribution in [0.3, 0.4) is 0 Å². The van der Waals surface area contributed by atoms with Gasteiger partial charge in [-0.3, -0.25) is 4.79 Å². The Morgan fingerprint density at radius 2 is 2.10 bits per heavy atom. The lowest BCUT2D eigenvalue weighted by Gasteiger charge is -2.21. The summed E-state index contributed by atoms with van der Waals surface area (Å²) >= 11 is 0. The highest BCUT2D eigenvalue weighted by atomic mass is 16.6. The van der Waals surface area contributed by atoms with Gasteiger partial charge in [0.05, 0.1) is 0 Å². The number of rotatable bonds is 4. The van der Waals surface area contributed by atoms with Gasteiger partial charge in [-0.2, -0.15) is 0 Å². The van der Waals surface area contributed by atoms with Crippen molar-refractivity contribution in [3.8, 4) is 0 Å². The zero-order chi connectivity index (χ0) is 14.7. The van der Waals surface area contributed by atoms with E-state index in [0.29, 0.717) is 0 Å². The summed E-state index contributed by atoms with van der Waals surface area (Å²) in [7, 11) is 0. The molecule has 1 aliphatic rings. The highest BCUT2D eigenvalue weighted by molar-refractivity contribution is 5.93. The number of imide groups is 1. The molecule has 4 heteroatoms. The van der Waals surface area contributed by atoms with Crippen LogP contribution in [0.4, 0.5) is 4.79 Å². The van der Waals surface area contributed by atoms with Crippen molar-refractivity contribution in [1.29, 1.82) is 0 Å². The summed E-state index contributed by atoms with van der Waals surface area (Å²) in [6.07, 6.45) is -0.286. The van der Waals surface area contributed by atoms with E-state index in [1.54, 1.807) is 0 Å². The van der Waals surface area contributed by atoms with E-state index in [-0.39, 0.29) is 30.9 Å². The van der Waals surface area contributed by atoms with Crippen molar-refractivity contribution in [2.24, 2.45) is 5.92 Å². The normalized spacial score (nSPS) is 19.6. The van der Waals surface area contributed by atoms with E-state index in [1.807, 2.05) is 44.2 Å². The Kier molecular flexibility index (Phi) is 4.23. The van der Waals surface area contributed by atoms with E-state index >= 15 is 0 Å². The molecule has 106 valence electrons. The molecule has 1 aromatic carbocycles. The standard InChI is InChI=1S/C16H19NO3/c1-11(2)12(3)9-15(18)17-14(10-20-16(17)19)13-7-5-4-6-8-13/h4-8,12,14H,1,9-10H2,2-3H3. The number of cyclic esters (lactones) is 1. The van der Waals surface area contributed by atoms with E-state index in [4.69, 9.17) is 4.74 Å². The second kappa shape index (κ2) is 5.90. The first kappa shape index (κ1) is 14.3. The quantitative estimate of drug-likeness (QED) is 0.791. The van der Waals surface area contributed by atoms with Crippen molar-refractivity contribution in [2.75, 3.05) is 6.61 Å². The van der Waals surface area contributed by atoms with Crippen LogP contribution in [-0.2, 0) is 9.53 Å². The number of hydrogen-bond donors (Lipinski definition) is 0. The minimum atomic E-state index is -0.558. The molecule has 1 fully saturated rings. The molecule has 2 rings (SSSR count). The number of nitrogens with zero attached hydrogens (tertiary/aromatic N) is 1. The zero-order valence-electron chi connectivity index (χ0n) is 11.8.